The molecule has 1 aromatic rings. The fraction of sp³-hybridized carbons (Fsp3) is 0.500. The molecule has 1 saturated heterocycles. The van der Waals surface area contributed by atoms with Crippen molar-refractivity contribution in [3.8, 4) is 5.88 Å². The molecule has 2 rings (SSSR count). The second kappa shape index (κ2) is 4.33. The Bertz CT molecular complexity index is 428. The van der Waals surface area contributed by atoms with Gasteiger partial charge in [-0.05, 0) is 18.6 Å². The zero-order valence-corrected chi connectivity index (χ0v) is 10.1. The monoisotopic (exact) mass is 235 g/mol. The lowest BCUT2D eigenvalue weighted by Crippen LogP contribution is -2.68. The topological polar surface area (TPSA) is 68.5 Å². The number of methoxy groups -OCH3 is 1. The van der Waals surface area contributed by atoms with Crippen LogP contribution in [-0.4, -0.2) is 41.5 Å². The number of carbonyl (C=O) groups is 1. The molecule has 1 aliphatic rings. The van der Waals surface area contributed by atoms with Crippen molar-refractivity contribution in [1.29, 1.82) is 0 Å². The third kappa shape index (κ3) is 2.10. The molecule has 5 nitrogen and oxygen atoms in total. The Morgan fingerprint density at radius 3 is 2.94 bits per heavy atom. The number of ether oxygens (including phenoxy) is 1. The summed E-state index contributed by atoms with van der Waals surface area (Å²) in [5, 5.41) is 0. The molecule has 0 unspecified atom stereocenters. The van der Waals surface area contributed by atoms with E-state index in [0.717, 1.165) is 6.42 Å². The Labute approximate surface area is 101 Å². The molecular formula is C12H17N3O2. The fourth-order valence-corrected chi connectivity index (χ4v) is 1.97. The van der Waals surface area contributed by atoms with E-state index in [-0.39, 0.29) is 11.4 Å². The molecule has 1 aromatic heterocycles. The van der Waals surface area contributed by atoms with Gasteiger partial charge in [0.15, 0.2) is 0 Å². The maximum Gasteiger partial charge on any atom is 0.259 e. The van der Waals surface area contributed by atoms with Crippen LogP contribution >= 0.6 is 0 Å². The van der Waals surface area contributed by atoms with Gasteiger partial charge in [-0.2, -0.15) is 0 Å². The molecule has 0 spiro atoms. The summed E-state index contributed by atoms with van der Waals surface area (Å²) in [6, 6.07) is 3.45. The van der Waals surface area contributed by atoms with Crippen molar-refractivity contribution >= 4 is 5.91 Å². The first kappa shape index (κ1) is 11.9. The van der Waals surface area contributed by atoms with Crippen LogP contribution in [0, 0.1) is 0 Å². The minimum atomic E-state index is -0.217. The van der Waals surface area contributed by atoms with Crippen molar-refractivity contribution in [2.24, 2.45) is 5.73 Å². The minimum Gasteiger partial charge on any atom is -0.480 e. The molecule has 17 heavy (non-hydrogen) atoms. The highest BCUT2D eigenvalue weighted by atomic mass is 16.5. The molecule has 0 bridgehead atoms. The molecule has 2 N–H and O–H groups in total. The van der Waals surface area contributed by atoms with Crippen molar-refractivity contribution in [3.05, 3.63) is 23.9 Å². The van der Waals surface area contributed by atoms with Crippen molar-refractivity contribution in [2.75, 3.05) is 20.2 Å². The quantitative estimate of drug-likeness (QED) is 0.835. The molecule has 1 fully saturated rings. The van der Waals surface area contributed by atoms with Crippen LogP contribution in [0.15, 0.2) is 18.3 Å². The summed E-state index contributed by atoms with van der Waals surface area (Å²) in [5.41, 5.74) is 6.31. The van der Waals surface area contributed by atoms with Crippen molar-refractivity contribution in [3.63, 3.8) is 0 Å². The predicted octanol–water partition coefficient (Wildman–Crippen LogP) is 0.653. The van der Waals surface area contributed by atoms with Gasteiger partial charge in [0.1, 0.15) is 5.56 Å². The van der Waals surface area contributed by atoms with E-state index >= 15 is 0 Å². The van der Waals surface area contributed by atoms with E-state index in [4.69, 9.17) is 10.5 Å². The number of rotatable bonds is 3. The number of carbonyl (C=O) groups excluding carboxylic acids is 1. The van der Waals surface area contributed by atoms with Crippen molar-refractivity contribution in [1.82, 2.24) is 9.88 Å². The normalized spacial score (nSPS) is 17.5. The van der Waals surface area contributed by atoms with Crippen LogP contribution in [0.5, 0.6) is 5.88 Å². The van der Waals surface area contributed by atoms with Gasteiger partial charge < -0.3 is 15.4 Å². The molecule has 1 amide bonds. The van der Waals surface area contributed by atoms with Crippen LogP contribution in [0.2, 0.25) is 0 Å². The number of nitrogens with zero attached hydrogens (tertiary/aromatic N) is 2. The molecule has 1 aliphatic heterocycles. The zero-order valence-electron chi connectivity index (χ0n) is 10.1. The summed E-state index contributed by atoms with van der Waals surface area (Å²) in [4.78, 5) is 17.9. The van der Waals surface area contributed by atoms with E-state index in [1.165, 1.54) is 7.11 Å². The summed E-state index contributed by atoms with van der Waals surface area (Å²) in [6.07, 6.45) is 2.48. The Morgan fingerprint density at radius 1 is 1.65 bits per heavy atom. The van der Waals surface area contributed by atoms with Crippen molar-refractivity contribution < 1.29 is 9.53 Å². The van der Waals surface area contributed by atoms with E-state index < -0.39 is 0 Å². The zero-order chi connectivity index (χ0) is 12.5. The summed E-state index contributed by atoms with van der Waals surface area (Å²) >= 11 is 0. The molecule has 0 saturated carbocycles. The Kier molecular flexibility index (Phi) is 3.02. The fourth-order valence-electron chi connectivity index (χ4n) is 1.97. The van der Waals surface area contributed by atoms with Crippen LogP contribution in [-0.2, 0) is 0 Å². The van der Waals surface area contributed by atoms with Crippen molar-refractivity contribution in [2.45, 2.75) is 18.9 Å². The second-order valence-corrected chi connectivity index (χ2v) is 4.44. The van der Waals surface area contributed by atoms with E-state index in [9.17, 15) is 4.79 Å². The summed E-state index contributed by atoms with van der Waals surface area (Å²) in [7, 11) is 1.51. The molecule has 0 aromatic carbocycles. The van der Waals surface area contributed by atoms with Crippen LogP contribution in [0.3, 0.4) is 0 Å². The minimum absolute atomic E-state index is 0.0653. The largest absolute Gasteiger partial charge is 0.480 e. The van der Waals surface area contributed by atoms with Gasteiger partial charge in [0.25, 0.3) is 5.91 Å². The van der Waals surface area contributed by atoms with Crippen LogP contribution in [0.1, 0.15) is 23.7 Å². The highest BCUT2D eigenvalue weighted by molar-refractivity contribution is 5.97. The highest BCUT2D eigenvalue weighted by Crippen LogP contribution is 2.25. The van der Waals surface area contributed by atoms with Gasteiger partial charge in [0, 0.05) is 19.3 Å². The number of likely N-dealkylation sites (tertiary alicyclic amines) is 1. The number of aromatic nitrogens is 1. The standard InChI is InChI=1S/C12H17N3O2/c1-3-12(13)7-15(8-12)11(16)9-5-4-6-14-10(9)17-2/h4-6H,3,7-8,13H2,1-2H3. The first-order valence-electron chi connectivity index (χ1n) is 5.67. The molecule has 2 heterocycles. The van der Waals surface area contributed by atoms with E-state index in [1.807, 2.05) is 6.92 Å². The van der Waals surface area contributed by atoms with E-state index in [0.29, 0.717) is 24.5 Å². The Morgan fingerprint density at radius 2 is 2.35 bits per heavy atom. The SMILES string of the molecule is CCC1(N)CN(C(=O)c2cccnc2OC)C1. The van der Waals surface area contributed by atoms with Gasteiger partial charge in [0.2, 0.25) is 5.88 Å². The average molecular weight is 235 g/mol. The lowest BCUT2D eigenvalue weighted by atomic mass is 9.88. The third-order valence-electron chi connectivity index (χ3n) is 3.20. The van der Waals surface area contributed by atoms with E-state index in [1.54, 1.807) is 23.2 Å². The highest BCUT2D eigenvalue weighted by Gasteiger charge is 2.41. The molecule has 5 heteroatoms. The lowest BCUT2D eigenvalue weighted by Gasteiger charge is -2.47. The Balaban J connectivity index is 2.12. The van der Waals surface area contributed by atoms with Crippen LogP contribution in [0.4, 0.5) is 0 Å². The smallest absolute Gasteiger partial charge is 0.259 e. The van der Waals surface area contributed by atoms with Crippen LogP contribution < -0.4 is 10.5 Å². The maximum atomic E-state index is 12.2. The molecule has 0 aliphatic carbocycles. The number of nitrogens with two attached hydrogens (primary N) is 1. The summed E-state index contributed by atoms with van der Waals surface area (Å²) < 4.78 is 5.07. The first-order chi connectivity index (χ1) is 8.09. The average Bonchev–Trinajstić information content (AvgIpc) is 2.34. The molecular weight excluding hydrogens is 218 g/mol. The molecule has 92 valence electrons. The summed E-state index contributed by atoms with van der Waals surface area (Å²) in [5.74, 6) is 0.299. The van der Waals surface area contributed by atoms with Gasteiger partial charge in [-0.25, -0.2) is 4.98 Å². The third-order valence-corrected chi connectivity index (χ3v) is 3.20. The predicted molar refractivity (Wildman–Crippen MR) is 63.9 cm³/mol. The van der Waals surface area contributed by atoms with E-state index in [2.05, 4.69) is 4.98 Å². The van der Waals surface area contributed by atoms with Gasteiger partial charge in [0.05, 0.1) is 12.6 Å². The first-order valence-corrected chi connectivity index (χ1v) is 5.67. The summed E-state index contributed by atoms with van der Waals surface area (Å²) in [6.45, 7) is 3.23. The van der Waals surface area contributed by atoms with Gasteiger partial charge in [-0.3, -0.25) is 4.79 Å². The van der Waals surface area contributed by atoms with Gasteiger partial charge in [-0.1, -0.05) is 6.92 Å². The molecule has 0 atom stereocenters. The molecule has 0 radical (unpaired) electrons. The number of hydrogen-bond acceptors (Lipinski definition) is 4. The van der Waals surface area contributed by atoms with Gasteiger partial charge in [-0.15, -0.1) is 0 Å². The number of amides is 1. The Hall–Kier alpha value is -1.62. The van der Waals surface area contributed by atoms with Gasteiger partial charge >= 0.3 is 0 Å². The number of hydrogen-bond donors (Lipinski definition) is 1. The second-order valence-electron chi connectivity index (χ2n) is 4.44. The number of pyridine rings is 1. The lowest BCUT2D eigenvalue weighted by molar-refractivity contribution is 0.0397. The van der Waals surface area contributed by atoms with Crippen LogP contribution in [0.25, 0.3) is 0 Å². The maximum absolute atomic E-state index is 12.2.